The van der Waals surface area contributed by atoms with Crippen LogP contribution in [0.25, 0.3) is 0 Å². The van der Waals surface area contributed by atoms with Gasteiger partial charge < -0.3 is 14.7 Å². The third-order valence-corrected chi connectivity index (χ3v) is 4.11. The van der Waals surface area contributed by atoms with Gasteiger partial charge in [-0.15, -0.1) is 0 Å². The van der Waals surface area contributed by atoms with Crippen molar-refractivity contribution in [3.8, 4) is 5.75 Å². The van der Waals surface area contributed by atoms with Crippen molar-refractivity contribution in [1.29, 1.82) is 0 Å². The van der Waals surface area contributed by atoms with E-state index in [1.165, 1.54) is 19.1 Å². The highest BCUT2D eigenvalue weighted by molar-refractivity contribution is 5.94. The Morgan fingerprint density at radius 1 is 0.963 bits per heavy atom. The maximum Gasteiger partial charge on any atom is 0.335 e. The Kier molecular flexibility index (Phi) is 7.11. The predicted molar refractivity (Wildman–Crippen MR) is 101 cm³/mol. The highest BCUT2D eigenvalue weighted by Crippen LogP contribution is 2.13. The minimum Gasteiger partial charge on any atom is -0.494 e. The first kappa shape index (κ1) is 20.2. The van der Waals surface area contributed by atoms with Crippen LogP contribution in [0, 0.1) is 0 Å². The summed E-state index contributed by atoms with van der Waals surface area (Å²) >= 11 is 0. The number of hydrogen-bond donors (Lipinski definition) is 1. The lowest BCUT2D eigenvalue weighted by Gasteiger charge is -2.17. The van der Waals surface area contributed by atoms with E-state index < -0.39 is 5.97 Å². The van der Waals surface area contributed by atoms with Gasteiger partial charge in [-0.25, -0.2) is 4.79 Å². The van der Waals surface area contributed by atoms with Gasteiger partial charge in [0.05, 0.1) is 12.2 Å². The van der Waals surface area contributed by atoms with Crippen LogP contribution in [0.5, 0.6) is 5.75 Å². The summed E-state index contributed by atoms with van der Waals surface area (Å²) in [4.78, 5) is 35.9. The lowest BCUT2D eigenvalue weighted by Crippen LogP contribution is -2.26. The Bertz CT molecular complexity index is 796. The molecule has 6 heteroatoms. The monoisotopic (exact) mass is 369 g/mol. The van der Waals surface area contributed by atoms with Gasteiger partial charge in [-0.05, 0) is 55.3 Å². The molecule has 0 aliphatic carbocycles. The van der Waals surface area contributed by atoms with Gasteiger partial charge in [0, 0.05) is 25.6 Å². The van der Waals surface area contributed by atoms with Gasteiger partial charge in [0.1, 0.15) is 5.75 Å². The quantitative estimate of drug-likeness (QED) is 0.541. The van der Waals surface area contributed by atoms with E-state index in [4.69, 9.17) is 9.84 Å². The van der Waals surface area contributed by atoms with Crippen LogP contribution in [0.2, 0.25) is 0 Å². The first-order valence-corrected chi connectivity index (χ1v) is 8.67. The van der Waals surface area contributed by atoms with E-state index in [1.807, 2.05) is 0 Å². The number of ether oxygens (including phenoxy) is 1. The van der Waals surface area contributed by atoms with Crippen LogP contribution < -0.4 is 4.74 Å². The Balaban J connectivity index is 1.72. The van der Waals surface area contributed by atoms with Crippen molar-refractivity contribution in [2.45, 2.75) is 26.3 Å². The van der Waals surface area contributed by atoms with Crippen molar-refractivity contribution in [2.24, 2.45) is 0 Å². The number of carbonyl (C=O) groups is 3. The lowest BCUT2D eigenvalue weighted by molar-refractivity contribution is -0.130. The second-order valence-electron chi connectivity index (χ2n) is 6.28. The van der Waals surface area contributed by atoms with Crippen LogP contribution in [0.15, 0.2) is 48.5 Å². The molecule has 0 unspecified atom stereocenters. The summed E-state index contributed by atoms with van der Waals surface area (Å²) in [6.07, 6.45) is 0.935. The number of ketones is 1. The lowest BCUT2D eigenvalue weighted by atomic mass is 10.1. The number of carboxylic acid groups (broad SMARTS) is 1. The normalized spacial score (nSPS) is 10.3. The van der Waals surface area contributed by atoms with Gasteiger partial charge in [-0.3, -0.25) is 9.59 Å². The van der Waals surface area contributed by atoms with Crippen molar-refractivity contribution in [3.05, 3.63) is 65.2 Å². The third kappa shape index (κ3) is 6.26. The third-order valence-electron chi connectivity index (χ3n) is 4.11. The Hall–Kier alpha value is -3.15. The molecule has 0 fully saturated rings. The summed E-state index contributed by atoms with van der Waals surface area (Å²) in [5.41, 5.74) is 1.73. The Labute approximate surface area is 158 Å². The topological polar surface area (TPSA) is 83.9 Å². The number of benzene rings is 2. The first-order valence-electron chi connectivity index (χ1n) is 8.67. The average molecular weight is 369 g/mol. The van der Waals surface area contributed by atoms with Gasteiger partial charge in [-0.2, -0.15) is 0 Å². The molecule has 1 N–H and O–H groups in total. The van der Waals surface area contributed by atoms with E-state index in [0.29, 0.717) is 37.3 Å². The molecule has 1 amide bonds. The molecule has 2 rings (SSSR count). The van der Waals surface area contributed by atoms with Crippen LogP contribution >= 0.6 is 0 Å². The fraction of sp³-hybridized carbons (Fsp3) is 0.286. The number of rotatable bonds is 9. The van der Waals surface area contributed by atoms with Crippen LogP contribution in [0.1, 0.15) is 46.0 Å². The molecule has 0 saturated heterocycles. The van der Waals surface area contributed by atoms with Crippen molar-refractivity contribution < 1.29 is 24.2 Å². The second kappa shape index (κ2) is 9.52. The molecule has 142 valence electrons. The number of carbonyl (C=O) groups excluding carboxylic acids is 2. The second-order valence-corrected chi connectivity index (χ2v) is 6.28. The minimum absolute atomic E-state index is 0.00663. The molecule has 0 saturated carbocycles. The van der Waals surface area contributed by atoms with Crippen molar-refractivity contribution in [1.82, 2.24) is 4.90 Å². The largest absolute Gasteiger partial charge is 0.494 e. The maximum atomic E-state index is 12.2. The van der Waals surface area contributed by atoms with Gasteiger partial charge in [-0.1, -0.05) is 12.1 Å². The first-order chi connectivity index (χ1) is 12.9. The van der Waals surface area contributed by atoms with E-state index >= 15 is 0 Å². The van der Waals surface area contributed by atoms with E-state index in [2.05, 4.69) is 0 Å². The van der Waals surface area contributed by atoms with E-state index in [0.717, 1.165) is 5.56 Å². The Morgan fingerprint density at radius 2 is 1.56 bits per heavy atom. The summed E-state index contributed by atoms with van der Waals surface area (Å²) in [5.74, 6) is -0.304. The zero-order chi connectivity index (χ0) is 19.8. The number of amides is 1. The number of carboxylic acids is 1. The van der Waals surface area contributed by atoms with Crippen LogP contribution in [0.3, 0.4) is 0 Å². The maximum absolute atomic E-state index is 12.2. The molecular formula is C21H23NO5. The molecule has 0 aliphatic heterocycles. The summed E-state index contributed by atoms with van der Waals surface area (Å²) in [6.45, 7) is 2.34. The molecule has 0 spiro atoms. The number of nitrogens with zero attached hydrogens (tertiary/aromatic N) is 1. The van der Waals surface area contributed by atoms with Crippen molar-refractivity contribution in [3.63, 3.8) is 0 Å². The number of hydrogen-bond acceptors (Lipinski definition) is 4. The molecule has 0 heterocycles. The molecule has 0 atom stereocenters. The average Bonchev–Trinajstić information content (AvgIpc) is 2.65. The number of aromatic carboxylic acids is 1. The smallest absolute Gasteiger partial charge is 0.335 e. The molecule has 0 bridgehead atoms. The summed E-state index contributed by atoms with van der Waals surface area (Å²) < 4.78 is 5.59. The van der Waals surface area contributed by atoms with Crippen LogP contribution in [-0.4, -0.2) is 41.3 Å². The molecule has 27 heavy (non-hydrogen) atoms. The van der Waals surface area contributed by atoms with Crippen molar-refractivity contribution in [2.75, 3.05) is 13.7 Å². The highest BCUT2D eigenvalue weighted by Gasteiger charge is 2.10. The van der Waals surface area contributed by atoms with E-state index in [-0.39, 0.29) is 17.3 Å². The van der Waals surface area contributed by atoms with Crippen LogP contribution in [0.4, 0.5) is 0 Å². The molecule has 0 aliphatic rings. The fourth-order valence-electron chi connectivity index (χ4n) is 2.50. The van der Waals surface area contributed by atoms with E-state index in [9.17, 15) is 14.4 Å². The van der Waals surface area contributed by atoms with Crippen LogP contribution in [-0.2, 0) is 11.3 Å². The highest BCUT2D eigenvalue weighted by atomic mass is 16.5. The zero-order valence-electron chi connectivity index (χ0n) is 15.5. The van der Waals surface area contributed by atoms with Crippen molar-refractivity contribution >= 4 is 17.7 Å². The van der Waals surface area contributed by atoms with Gasteiger partial charge >= 0.3 is 5.97 Å². The SMILES string of the molecule is CC(=O)c1ccc(OCCCC(=O)N(C)Cc2ccc(C(=O)O)cc2)cc1. The van der Waals surface area contributed by atoms with Gasteiger partial charge in [0.2, 0.25) is 5.91 Å². The molecule has 2 aromatic rings. The summed E-state index contributed by atoms with van der Waals surface area (Å²) in [7, 11) is 1.72. The molecular weight excluding hydrogens is 346 g/mol. The predicted octanol–water partition coefficient (Wildman–Crippen LogP) is 3.41. The molecule has 0 aromatic heterocycles. The summed E-state index contributed by atoms with van der Waals surface area (Å²) in [6, 6.07) is 13.4. The fourth-order valence-corrected chi connectivity index (χ4v) is 2.50. The molecule has 0 radical (unpaired) electrons. The molecule has 6 nitrogen and oxygen atoms in total. The minimum atomic E-state index is -0.970. The van der Waals surface area contributed by atoms with E-state index in [1.54, 1.807) is 48.3 Å². The van der Waals surface area contributed by atoms with Gasteiger partial charge in [0.25, 0.3) is 0 Å². The Morgan fingerprint density at radius 3 is 2.11 bits per heavy atom. The van der Waals surface area contributed by atoms with Gasteiger partial charge in [0.15, 0.2) is 5.78 Å². The summed E-state index contributed by atoms with van der Waals surface area (Å²) in [5, 5.41) is 8.90. The number of Topliss-reactive ketones (excluding diaryl/α,β-unsaturated/α-hetero) is 1. The standard InChI is InChI=1S/C21H23NO5/c1-15(23)17-9-11-19(12-10-17)27-13-3-4-20(24)22(2)14-16-5-7-18(8-6-16)21(25)26/h5-12H,3-4,13-14H2,1-2H3,(H,25,26). The zero-order valence-corrected chi connectivity index (χ0v) is 15.5. The molecule has 2 aromatic carbocycles.